The van der Waals surface area contributed by atoms with Gasteiger partial charge in [-0.1, -0.05) is 78.9 Å². The van der Waals surface area contributed by atoms with Crippen LogP contribution in [-0.4, -0.2) is 5.90 Å². The molecule has 4 aromatic carbocycles. The molecule has 0 bridgehead atoms. The van der Waals surface area contributed by atoms with E-state index in [1.807, 2.05) is 48.5 Å². The Hall–Kier alpha value is -3.91. The summed E-state index contributed by atoms with van der Waals surface area (Å²) in [4.78, 5) is 4.81. The van der Waals surface area contributed by atoms with E-state index in [9.17, 15) is 0 Å². The van der Waals surface area contributed by atoms with Gasteiger partial charge < -0.3 is 4.74 Å². The molecule has 6 rings (SSSR count). The van der Waals surface area contributed by atoms with Gasteiger partial charge >= 0.3 is 0 Å². The number of para-hydroxylation sites is 1. The van der Waals surface area contributed by atoms with Gasteiger partial charge in [-0.25, -0.2) is 4.99 Å². The monoisotopic (exact) mass is 371 g/mol. The molecule has 136 valence electrons. The number of hydrogen-bond donors (Lipinski definition) is 0. The first-order chi connectivity index (χ1) is 14.4. The Morgan fingerprint density at radius 1 is 0.483 bits per heavy atom. The summed E-state index contributed by atoms with van der Waals surface area (Å²) < 4.78 is 6.53. The number of ether oxygens (including phenoxy) is 1. The number of aliphatic imine (C=N–C) groups is 1. The zero-order valence-electron chi connectivity index (χ0n) is 15.7. The molecule has 0 radical (unpaired) electrons. The van der Waals surface area contributed by atoms with Crippen LogP contribution in [0.5, 0.6) is 0 Å². The second-order valence-corrected chi connectivity index (χ2v) is 7.20. The fourth-order valence-electron chi connectivity index (χ4n) is 4.20. The second kappa shape index (κ2) is 6.32. The van der Waals surface area contributed by atoms with Crippen LogP contribution in [-0.2, 0) is 4.74 Å². The van der Waals surface area contributed by atoms with E-state index >= 15 is 0 Å². The predicted octanol–water partition coefficient (Wildman–Crippen LogP) is 6.69. The van der Waals surface area contributed by atoms with E-state index in [-0.39, 0.29) is 0 Å². The van der Waals surface area contributed by atoms with Crippen molar-refractivity contribution in [1.29, 1.82) is 0 Å². The molecule has 1 heterocycles. The predicted molar refractivity (Wildman–Crippen MR) is 118 cm³/mol. The van der Waals surface area contributed by atoms with Gasteiger partial charge in [-0.3, -0.25) is 0 Å². The number of nitrogens with zero attached hydrogens (tertiary/aromatic N) is 1. The van der Waals surface area contributed by atoms with Crippen LogP contribution in [0.1, 0.15) is 22.3 Å². The quantitative estimate of drug-likeness (QED) is 0.321. The lowest BCUT2D eigenvalue weighted by atomic mass is 9.97. The Labute approximate surface area is 169 Å². The van der Waals surface area contributed by atoms with Gasteiger partial charge in [0.2, 0.25) is 5.90 Å². The van der Waals surface area contributed by atoms with Crippen molar-refractivity contribution in [2.24, 2.45) is 4.99 Å². The Kier molecular flexibility index (Phi) is 3.50. The fourth-order valence-corrected chi connectivity index (χ4v) is 4.20. The third-order valence-electron chi connectivity index (χ3n) is 5.50. The third kappa shape index (κ3) is 2.46. The molecule has 2 aliphatic rings. The van der Waals surface area contributed by atoms with Crippen molar-refractivity contribution >= 4 is 22.9 Å². The van der Waals surface area contributed by atoms with Gasteiger partial charge in [-0.2, -0.15) is 0 Å². The first-order valence-corrected chi connectivity index (χ1v) is 9.75. The van der Waals surface area contributed by atoms with Gasteiger partial charge in [0.25, 0.3) is 0 Å². The molecule has 1 aliphatic heterocycles. The first kappa shape index (κ1) is 16.1. The molecule has 0 saturated heterocycles. The summed E-state index contributed by atoms with van der Waals surface area (Å²) in [5.74, 6) is 1.50. The highest BCUT2D eigenvalue weighted by atomic mass is 16.5. The van der Waals surface area contributed by atoms with Crippen molar-refractivity contribution in [2.45, 2.75) is 0 Å². The topological polar surface area (TPSA) is 21.6 Å². The van der Waals surface area contributed by atoms with E-state index < -0.39 is 0 Å². The van der Waals surface area contributed by atoms with Gasteiger partial charge in [-0.15, -0.1) is 0 Å². The van der Waals surface area contributed by atoms with E-state index in [4.69, 9.17) is 9.73 Å². The van der Waals surface area contributed by atoms with E-state index in [0.29, 0.717) is 5.90 Å². The summed E-state index contributed by atoms with van der Waals surface area (Å²) in [7, 11) is 0. The van der Waals surface area contributed by atoms with Gasteiger partial charge in [0.1, 0.15) is 5.76 Å². The Morgan fingerprint density at radius 2 is 1.00 bits per heavy atom. The first-order valence-electron chi connectivity index (χ1n) is 9.75. The molecule has 0 spiro atoms. The van der Waals surface area contributed by atoms with Crippen LogP contribution in [0.4, 0.5) is 5.69 Å². The van der Waals surface area contributed by atoms with Crippen molar-refractivity contribution < 1.29 is 4.74 Å². The van der Waals surface area contributed by atoms with Crippen molar-refractivity contribution in [3.63, 3.8) is 0 Å². The summed E-state index contributed by atoms with van der Waals surface area (Å²) in [6.07, 6.45) is 0. The average Bonchev–Trinajstić information content (AvgIpc) is 3.13. The van der Waals surface area contributed by atoms with E-state index in [0.717, 1.165) is 28.1 Å². The minimum Gasteiger partial charge on any atom is -0.437 e. The molecule has 0 N–H and O–H groups in total. The van der Waals surface area contributed by atoms with Gasteiger partial charge in [0.05, 0.1) is 5.69 Å². The largest absolute Gasteiger partial charge is 0.437 e. The molecular weight excluding hydrogens is 354 g/mol. The summed E-state index contributed by atoms with van der Waals surface area (Å²) >= 11 is 0. The maximum absolute atomic E-state index is 6.53. The molecule has 0 atom stereocenters. The molecule has 29 heavy (non-hydrogen) atoms. The standard InChI is InChI=1S/C27H17NO/c1-2-10-18(11-3-1)27-28-24-17-9-8-16-23(24)26(29-27)25-21-14-6-4-12-19(21)20-13-5-7-15-22(20)25/h1-17H. The molecule has 1 aliphatic carbocycles. The van der Waals surface area contributed by atoms with Crippen LogP contribution in [0, 0.1) is 0 Å². The number of fused-ring (bicyclic) bond motifs is 4. The number of rotatable bonds is 1. The Balaban J connectivity index is 1.66. The zero-order chi connectivity index (χ0) is 19.2. The van der Waals surface area contributed by atoms with Crippen LogP contribution < -0.4 is 0 Å². The summed E-state index contributed by atoms with van der Waals surface area (Å²) in [5, 5.41) is 0. The lowest BCUT2D eigenvalue weighted by molar-refractivity contribution is 0.505. The smallest absolute Gasteiger partial charge is 0.227 e. The van der Waals surface area contributed by atoms with E-state index in [2.05, 4.69) is 54.6 Å². The average molecular weight is 371 g/mol. The number of benzene rings is 4. The SMILES string of the molecule is c1ccc(C2=Nc3ccccc3C(=C3c4ccccc4-c4ccccc43)O2)cc1. The molecular formula is C27H17NO. The van der Waals surface area contributed by atoms with Crippen LogP contribution >= 0.6 is 0 Å². The molecule has 0 unspecified atom stereocenters. The van der Waals surface area contributed by atoms with Crippen molar-refractivity contribution in [1.82, 2.24) is 0 Å². The van der Waals surface area contributed by atoms with Crippen molar-refractivity contribution in [2.75, 3.05) is 0 Å². The minimum atomic E-state index is 0.633. The molecule has 2 nitrogen and oxygen atoms in total. The van der Waals surface area contributed by atoms with E-state index in [1.165, 1.54) is 22.3 Å². The molecule has 0 aromatic heterocycles. The van der Waals surface area contributed by atoms with Crippen LogP contribution in [0.15, 0.2) is 108 Å². The number of hydrogen-bond acceptors (Lipinski definition) is 2. The summed E-state index contributed by atoms with van der Waals surface area (Å²) in [6.45, 7) is 0. The van der Waals surface area contributed by atoms with Crippen LogP contribution in [0.2, 0.25) is 0 Å². The maximum atomic E-state index is 6.53. The van der Waals surface area contributed by atoms with Gasteiger partial charge in [-0.05, 0) is 46.5 Å². The molecule has 2 heteroatoms. The fraction of sp³-hybridized carbons (Fsp3) is 0. The van der Waals surface area contributed by atoms with Gasteiger partial charge in [0, 0.05) is 16.7 Å². The minimum absolute atomic E-state index is 0.633. The zero-order valence-corrected chi connectivity index (χ0v) is 15.7. The normalized spacial score (nSPS) is 13.9. The van der Waals surface area contributed by atoms with Crippen molar-refractivity contribution in [3.8, 4) is 11.1 Å². The molecule has 4 aromatic rings. The van der Waals surface area contributed by atoms with Crippen LogP contribution in [0.25, 0.3) is 22.5 Å². The highest BCUT2D eigenvalue weighted by Gasteiger charge is 2.30. The molecule has 0 amide bonds. The maximum Gasteiger partial charge on any atom is 0.227 e. The Bertz CT molecular complexity index is 1270. The lowest BCUT2D eigenvalue weighted by Gasteiger charge is -2.22. The summed E-state index contributed by atoms with van der Waals surface area (Å²) in [6, 6.07) is 35.4. The Morgan fingerprint density at radius 3 is 1.66 bits per heavy atom. The van der Waals surface area contributed by atoms with Crippen molar-refractivity contribution in [3.05, 3.63) is 125 Å². The van der Waals surface area contributed by atoms with Gasteiger partial charge in [0.15, 0.2) is 0 Å². The highest BCUT2D eigenvalue weighted by Crippen LogP contribution is 2.49. The molecule has 0 fully saturated rings. The summed E-state index contributed by atoms with van der Waals surface area (Å²) in [5.41, 5.74) is 8.95. The lowest BCUT2D eigenvalue weighted by Crippen LogP contribution is -2.12. The third-order valence-corrected chi connectivity index (χ3v) is 5.50. The van der Waals surface area contributed by atoms with Crippen LogP contribution in [0.3, 0.4) is 0 Å². The van der Waals surface area contributed by atoms with E-state index in [1.54, 1.807) is 0 Å². The highest BCUT2D eigenvalue weighted by molar-refractivity contribution is 6.13. The molecule has 0 saturated carbocycles. The second-order valence-electron chi connectivity index (χ2n) is 7.20.